The lowest BCUT2D eigenvalue weighted by atomic mass is 10.3. The van der Waals surface area contributed by atoms with Gasteiger partial charge in [-0.25, -0.2) is 0 Å². The molecular formula is C10H13ClN2O2. The molecule has 82 valence electrons. The third-order valence-corrected chi connectivity index (χ3v) is 2.15. The Hall–Kier alpha value is -1.13. The van der Waals surface area contributed by atoms with Crippen molar-refractivity contribution in [2.75, 3.05) is 27.3 Å². The number of carbonyl (C=O) groups is 1. The minimum Gasteiger partial charge on any atom is -0.383 e. The van der Waals surface area contributed by atoms with Crippen LogP contribution < -0.4 is 0 Å². The minimum atomic E-state index is -0.158. The zero-order chi connectivity index (χ0) is 11.3. The summed E-state index contributed by atoms with van der Waals surface area (Å²) in [4.78, 5) is 17.2. The first-order valence-corrected chi connectivity index (χ1v) is 4.89. The van der Waals surface area contributed by atoms with E-state index in [4.69, 9.17) is 16.3 Å². The highest BCUT2D eigenvalue weighted by molar-refractivity contribution is 6.30. The summed E-state index contributed by atoms with van der Waals surface area (Å²) in [6, 6.07) is 3.18. The Labute approximate surface area is 93.8 Å². The average Bonchev–Trinajstić information content (AvgIpc) is 2.24. The monoisotopic (exact) mass is 228 g/mol. The van der Waals surface area contributed by atoms with Crippen molar-refractivity contribution in [2.24, 2.45) is 0 Å². The van der Waals surface area contributed by atoms with E-state index in [9.17, 15) is 4.79 Å². The van der Waals surface area contributed by atoms with Crippen LogP contribution in [0.1, 0.15) is 10.5 Å². The summed E-state index contributed by atoms with van der Waals surface area (Å²) in [5.41, 5.74) is 0.348. The standard InChI is InChI=1S/C10H13ClN2O2/c1-13(5-6-15-2)10(14)9-7-8(11)3-4-12-9/h3-4,7H,5-6H2,1-2H3. The third kappa shape index (κ3) is 3.49. The number of likely N-dealkylation sites (N-methyl/N-ethyl adjacent to an activating group) is 1. The Morgan fingerprint density at radius 1 is 1.67 bits per heavy atom. The van der Waals surface area contributed by atoms with Gasteiger partial charge in [0.05, 0.1) is 6.61 Å². The van der Waals surface area contributed by atoms with Crippen molar-refractivity contribution in [3.8, 4) is 0 Å². The molecule has 0 aromatic carbocycles. The van der Waals surface area contributed by atoms with E-state index in [1.165, 1.54) is 6.20 Å². The van der Waals surface area contributed by atoms with E-state index in [0.29, 0.717) is 23.9 Å². The van der Waals surface area contributed by atoms with Gasteiger partial charge in [-0.2, -0.15) is 0 Å². The minimum absolute atomic E-state index is 0.158. The topological polar surface area (TPSA) is 42.4 Å². The first kappa shape index (κ1) is 11.9. The lowest BCUT2D eigenvalue weighted by Gasteiger charge is -2.15. The molecule has 0 atom stereocenters. The molecule has 5 heteroatoms. The molecule has 0 N–H and O–H groups in total. The Kier molecular flexibility index (Phi) is 4.52. The molecule has 1 rings (SSSR count). The molecule has 0 saturated carbocycles. The first-order valence-electron chi connectivity index (χ1n) is 4.51. The second-order valence-corrected chi connectivity index (χ2v) is 3.52. The lowest BCUT2D eigenvalue weighted by molar-refractivity contribution is 0.0738. The van der Waals surface area contributed by atoms with E-state index in [1.807, 2.05) is 0 Å². The van der Waals surface area contributed by atoms with Gasteiger partial charge in [-0.15, -0.1) is 0 Å². The van der Waals surface area contributed by atoms with Crippen LogP contribution in [0.4, 0.5) is 0 Å². The van der Waals surface area contributed by atoms with Gasteiger partial charge >= 0.3 is 0 Å². The number of halogens is 1. The Morgan fingerprint density at radius 3 is 3.00 bits per heavy atom. The number of aromatic nitrogens is 1. The average molecular weight is 229 g/mol. The Morgan fingerprint density at radius 2 is 2.40 bits per heavy atom. The predicted molar refractivity (Wildman–Crippen MR) is 58.1 cm³/mol. The summed E-state index contributed by atoms with van der Waals surface area (Å²) in [5, 5.41) is 0.508. The second-order valence-electron chi connectivity index (χ2n) is 3.08. The molecule has 0 unspecified atom stereocenters. The molecule has 0 radical (unpaired) electrons. The van der Waals surface area contributed by atoms with E-state index >= 15 is 0 Å². The van der Waals surface area contributed by atoms with Gasteiger partial charge in [0.2, 0.25) is 0 Å². The van der Waals surface area contributed by atoms with Gasteiger partial charge in [0, 0.05) is 31.9 Å². The molecule has 1 aromatic rings. The van der Waals surface area contributed by atoms with Gasteiger partial charge in [0.15, 0.2) is 0 Å². The molecule has 4 nitrogen and oxygen atoms in total. The smallest absolute Gasteiger partial charge is 0.272 e. The SMILES string of the molecule is COCCN(C)C(=O)c1cc(Cl)ccn1. The van der Waals surface area contributed by atoms with Crippen LogP contribution in [0.25, 0.3) is 0 Å². The molecule has 0 bridgehead atoms. The predicted octanol–water partition coefficient (Wildman–Crippen LogP) is 1.45. The molecule has 0 aliphatic rings. The molecule has 0 fully saturated rings. The number of hydrogen-bond acceptors (Lipinski definition) is 3. The first-order chi connectivity index (χ1) is 7.15. The summed E-state index contributed by atoms with van der Waals surface area (Å²) in [6.45, 7) is 1.03. The van der Waals surface area contributed by atoms with Crippen LogP contribution in [0.3, 0.4) is 0 Å². The van der Waals surface area contributed by atoms with E-state index in [1.54, 1.807) is 31.2 Å². The van der Waals surface area contributed by atoms with Crippen LogP contribution in [-0.2, 0) is 4.74 Å². The number of amides is 1. The number of carbonyl (C=O) groups excluding carboxylic acids is 1. The summed E-state index contributed by atoms with van der Waals surface area (Å²) in [7, 11) is 3.29. The number of ether oxygens (including phenoxy) is 1. The van der Waals surface area contributed by atoms with Crippen molar-refractivity contribution in [2.45, 2.75) is 0 Å². The normalized spacial score (nSPS) is 10.1. The number of methoxy groups -OCH3 is 1. The van der Waals surface area contributed by atoms with E-state index in [0.717, 1.165) is 0 Å². The zero-order valence-corrected chi connectivity index (χ0v) is 9.49. The quantitative estimate of drug-likeness (QED) is 0.784. The number of rotatable bonds is 4. The third-order valence-electron chi connectivity index (χ3n) is 1.92. The highest BCUT2D eigenvalue weighted by Crippen LogP contribution is 2.09. The van der Waals surface area contributed by atoms with Crippen molar-refractivity contribution < 1.29 is 9.53 Å². The van der Waals surface area contributed by atoms with Gasteiger partial charge in [-0.3, -0.25) is 9.78 Å². The van der Waals surface area contributed by atoms with E-state index in [2.05, 4.69) is 4.98 Å². The van der Waals surface area contributed by atoms with Crippen LogP contribution in [0.2, 0.25) is 5.02 Å². The lowest BCUT2D eigenvalue weighted by Crippen LogP contribution is -2.30. The molecule has 15 heavy (non-hydrogen) atoms. The van der Waals surface area contributed by atoms with E-state index in [-0.39, 0.29) is 5.91 Å². The maximum atomic E-state index is 11.8. The number of nitrogens with zero attached hydrogens (tertiary/aromatic N) is 2. The molecule has 1 aromatic heterocycles. The van der Waals surface area contributed by atoms with Crippen molar-refractivity contribution in [3.63, 3.8) is 0 Å². The molecular weight excluding hydrogens is 216 g/mol. The molecule has 0 spiro atoms. The molecule has 1 heterocycles. The highest BCUT2D eigenvalue weighted by Gasteiger charge is 2.12. The number of hydrogen-bond donors (Lipinski definition) is 0. The largest absolute Gasteiger partial charge is 0.383 e. The highest BCUT2D eigenvalue weighted by atomic mass is 35.5. The van der Waals surface area contributed by atoms with Crippen LogP contribution in [0.5, 0.6) is 0 Å². The Balaban J connectivity index is 2.67. The Bertz CT molecular complexity index is 344. The van der Waals surface area contributed by atoms with Gasteiger partial charge < -0.3 is 9.64 Å². The molecule has 0 saturated heterocycles. The van der Waals surface area contributed by atoms with Crippen LogP contribution in [0.15, 0.2) is 18.3 Å². The fourth-order valence-corrected chi connectivity index (χ4v) is 1.21. The summed E-state index contributed by atoms with van der Waals surface area (Å²) in [5.74, 6) is -0.158. The summed E-state index contributed by atoms with van der Waals surface area (Å²) >= 11 is 5.76. The summed E-state index contributed by atoms with van der Waals surface area (Å²) in [6.07, 6.45) is 1.51. The molecule has 0 aliphatic carbocycles. The fraction of sp³-hybridized carbons (Fsp3) is 0.400. The molecule has 0 aliphatic heterocycles. The van der Waals surface area contributed by atoms with Gasteiger partial charge in [-0.05, 0) is 12.1 Å². The second kappa shape index (κ2) is 5.68. The van der Waals surface area contributed by atoms with Crippen molar-refractivity contribution in [3.05, 3.63) is 29.0 Å². The number of pyridine rings is 1. The van der Waals surface area contributed by atoms with Gasteiger partial charge in [-0.1, -0.05) is 11.6 Å². The van der Waals surface area contributed by atoms with Crippen LogP contribution in [-0.4, -0.2) is 43.1 Å². The van der Waals surface area contributed by atoms with E-state index < -0.39 is 0 Å². The molecule has 1 amide bonds. The van der Waals surface area contributed by atoms with Gasteiger partial charge in [0.25, 0.3) is 5.91 Å². The maximum absolute atomic E-state index is 11.8. The zero-order valence-electron chi connectivity index (χ0n) is 8.74. The van der Waals surface area contributed by atoms with Crippen LogP contribution >= 0.6 is 11.6 Å². The van der Waals surface area contributed by atoms with Crippen molar-refractivity contribution in [1.29, 1.82) is 0 Å². The summed E-state index contributed by atoms with van der Waals surface area (Å²) < 4.78 is 4.88. The maximum Gasteiger partial charge on any atom is 0.272 e. The van der Waals surface area contributed by atoms with Gasteiger partial charge in [0.1, 0.15) is 5.69 Å². The fourth-order valence-electron chi connectivity index (χ4n) is 1.05. The van der Waals surface area contributed by atoms with Crippen LogP contribution in [0, 0.1) is 0 Å². The van der Waals surface area contributed by atoms with Crippen molar-refractivity contribution in [1.82, 2.24) is 9.88 Å². The van der Waals surface area contributed by atoms with Crippen molar-refractivity contribution >= 4 is 17.5 Å².